The number of amides is 1. The van der Waals surface area contributed by atoms with Gasteiger partial charge in [0.25, 0.3) is 0 Å². The van der Waals surface area contributed by atoms with E-state index in [1.54, 1.807) is 18.5 Å². The summed E-state index contributed by atoms with van der Waals surface area (Å²) in [7, 11) is 0. The highest BCUT2D eigenvalue weighted by Gasteiger charge is 2.46. The first-order valence-corrected chi connectivity index (χ1v) is 12.2. The van der Waals surface area contributed by atoms with Crippen molar-refractivity contribution in [3.63, 3.8) is 0 Å². The van der Waals surface area contributed by atoms with Gasteiger partial charge >= 0.3 is 0 Å². The molecule has 1 aliphatic carbocycles. The molecule has 8 heteroatoms. The lowest BCUT2D eigenvalue weighted by Gasteiger charge is -2.47. The molecule has 2 aromatic heterocycles. The number of carbonyl (C=O) groups is 1. The smallest absolute Gasteiger partial charge is 0.248 e. The maximum atomic E-state index is 15.0. The molecule has 3 aliphatic rings. The van der Waals surface area contributed by atoms with Crippen LogP contribution >= 0.6 is 11.6 Å². The Morgan fingerprint density at radius 3 is 2.68 bits per heavy atom. The molecule has 2 aliphatic heterocycles. The monoisotopic (exact) mass is 480 g/mol. The van der Waals surface area contributed by atoms with Crippen molar-refractivity contribution in [2.24, 2.45) is 0 Å². The molecule has 0 atom stereocenters. The van der Waals surface area contributed by atoms with Crippen LogP contribution in [-0.4, -0.2) is 63.6 Å². The number of benzene rings is 1. The standard InChI is InChI=1S/C26H26ClFN4O2/c27-20-9-18-2-1-17(11-23(18)30-13-20)19-10-22(28)24(29-12-19)14-31-7-5-26(6-8-31)16-32(21-3-4-21)25(33)15-34-26/h1-2,9-13,21H,3-8,14-16H2. The van der Waals surface area contributed by atoms with Gasteiger partial charge in [-0.1, -0.05) is 23.7 Å². The van der Waals surface area contributed by atoms with Crippen LogP contribution in [-0.2, 0) is 16.1 Å². The summed E-state index contributed by atoms with van der Waals surface area (Å²) in [4.78, 5) is 25.2. The van der Waals surface area contributed by atoms with Gasteiger partial charge in [0, 0.05) is 49.0 Å². The Balaban J connectivity index is 1.12. The molecule has 1 aromatic carbocycles. The highest BCUT2D eigenvalue weighted by atomic mass is 35.5. The number of nitrogens with zero attached hydrogens (tertiary/aromatic N) is 4. The predicted molar refractivity (Wildman–Crippen MR) is 128 cm³/mol. The van der Waals surface area contributed by atoms with Gasteiger partial charge in [-0.25, -0.2) is 4.39 Å². The van der Waals surface area contributed by atoms with E-state index in [1.807, 2.05) is 29.2 Å². The molecule has 0 N–H and O–H groups in total. The van der Waals surface area contributed by atoms with Crippen molar-refractivity contribution in [3.8, 4) is 11.1 Å². The Kier molecular flexibility index (Phi) is 5.51. The summed E-state index contributed by atoms with van der Waals surface area (Å²) in [5, 5.41) is 1.53. The van der Waals surface area contributed by atoms with E-state index >= 15 is 4.39 Å². The van der Waals surface area contributed by atoms with E-state index in [4.69, 9.17) is 16.3 Å². The van der Waals surface area contributed by atoms with Gasteiger partial charge in [-0.15, -0.1) is 0 Å². The zero-order valence-corrected chi connectivity index (χ0v) is 19.6. The minimum absolute atomic E-state index is 0.118. The van der Waals surface area contributed by atoms with Gasteiger partial charge in [0.05, 0.1) is 28.4 Å². The summed E-state index contributed by atoms with van der Waals surface area (Å²) in [5.41, 5.74) is 2.59. The number of morpholine rings is 1. The Hall–Kier alpha value is -2.61. The summed E-state index contributed by atoms with van der Waals surface area (Å²) in [6.45, 7) is 2.94. The van der Waals surface area contributed by atoms with E-state index in [1.165, 1.54) is 0 Å². The van der Waals surface area contributed by atoms with Crippen molar-refractivity contribution < 1.29 is 13.9 Å². The van der Waals surface area contributed by atoms with Crippen molar-refractivity contribution in [3.05, 3.63) is 59.3 Å². The molecule has 0 unspecified atom stereocenters. The van der Waals surface area contributed by atoms with Crippen molar-refractivity contribution in [2.75, 3.05) is 26.2 Å². The predicted octanol–water partition coefficient (Wildman–Crippen LogP) is 4.45. The molecule has 2 saturated heterocycles. The molecule has 6 nitrogen and oxygen atoms in total. The quantitative estimate of drug-likeness (QED) is 0.552. The number of hydrogen-bond donors (Lipinski definition) is 0. The summed E-state index contributed by atoms with van der Waals surface area (Å²) in [6.07, 6.45) is 7.24. The Labute approximate surface area is 202 Å². The van der Waals surface area contributed by atoms with Gasteiger partial charge in [-0.2, -0.15) is 0 Å². The molecule has 3 aromatic rings. The number of carbonyl (C=O) groups excluding carboxylic acids is 1. The summed E-state index contributed by atoms with van der Waals surface area (Å²) >= 11 is 6.01. The maximum absolute atomic E-state index is 15.0. The Bertz CT molecular complexity index is 1260. The first kappa shape index (κ1) is 21.9. The number of ether oxygens (including phenoxy) is 1. The third kappa shape index (κ3) is 4.28. The lowest BCUT2D eigenvalue weighted by molar-refractivity contribution is -0.172. The largest absolute Gasteiger partial charge is 0.363 e. The molecule has 176 valence electrons. The SMILES string of the molecule is O=C1COC2(CCN(Cc3ncc(-c4ccc5cc(Cl)cnc5c4)cc3F)CC2)CN1C1CC1. The van der Waals surface area contributed by atoms with Crippen LogP contribution < -0.4 is 0 Å². The zero-order valence-electron chi connectivity index (χ0n) is 18.8. The van der Waals surface area contributed by atoms with Crippen LogP contribution in [0.5, 0.6) is 0 Å². The average Bonchev–Trinajstić information content (AvgIpc) is 3.69. The van der Waals surface area contributed by atoms with E-state index < -0.39 is 0 Å². The lowest BCUT2D eigenvalue weighted by Crippen LogP contribution is -2.59. The lowest BCUT2D eigenvalue weighted by atomic mass is 9.89. The minimum atomic E-state index is -0.304. The first-order chi connectivity index (χ1) is 16.5. The number of aromatic nitrogens is 2. The van der Waals surface area contributed by atoms with Crippen molar-refractivity contribution in [1.29, 1.82) is 0 Å². The number of halogens is 2. The van der Waals surface area contributed by atoms with Crippen LogP contribution in [0.1, 0.15) is 31.4 Å². The second kappa shape index (κ2) is 8.56. The van der Waals surface area contributed by atoms with Gasteiger partial charge in [0.1, 0.15) is 12.4 Å². The third-order valence-electron chi connectivity index (χ3n) is 7.31. The minimum Gasteiger partial charge on any atom is -0.363 e. The number of hydrogen-bond acceptors (Lipinski definition) is 5. The van der Waals surface area contributed by atoms with E-state index in [2.05, 4.69) is 14.9 Å². The van der Waals surface area contributed by atoms with Crippen molar-refractivity contribution in [1.82, 2.24) is 19.8 Å². The van der Waals surface area contributed by atoms with E-state index in [-0.39, 0.29) is 23.9 Å². The topological polar surface area (TPSA) is 58.6 Å². The number of piperidine rings is 1. The van der Waals surface area contributed by atoms with Crippen LogP contribution in [0.25, 0.3) is 22.0 Å². The van der Waals surface area contributed by atoms with Gasteiger partial charge in [-0.3, -0.25) is 19.7 Å². The van der Waals surface area contributed by atoms with E-state index in [9.17, 15) is 4.79 Å². The van der Waals surface area contributed by atoms with Crippen LogP contribution in [0, 0.1) is 5.82 Å². The summed E-state index contributed by atoms with van der Waals surface area (Å²) < 4.78 is 21.0. The van der Waals surface area contributed by atoms with Crippen LogP contribution in [0.4, 0.5) is 4.39 Å². The third-order valence-corrected chi connectivity index (χ3v) is 7.52. The van der Waals surface area contributed by atoms with Crippen LogP contribution in [0.15, 0.2) is 42.7 Å². The second-order valence-corrected chi connectivity index (χ2v) is 10.2. The molecule has 3 fully saturated rings. The molecular formula is C26H26ClFN4O2. The zero-order chi connectivity index (χ0) is 23.3. The highest BCUT2D eigenvalue weighted by Crippen LogP contribution is 2.36. The van der Waals surface area contributed by atoms with Gasteiger partial charge in [-0.05, 0) is 49.4 Å². The fourth-order valence-electron chi connectivity index (χ4n) is 5.11. The normalized spacial score (nSPS) is 20.9. The molecule has 6 rings (SSSR count). The molecular weight excluding hydrogens is 455 g/mol. The van der Waals surface area contributed by atoms with Gasteiger partial charge < -0.3 is 9.64 Å². The van der Waals surface area contributed by atoms with Crippen LogP contribution in [0.3, 0.4) is 0 Å². The molecule has 0 bridgehead atoms. The van der Waals surface area contributed by atoms with Crippen molar-refractivity contribution >= 4 is 28.4 Å². The summed E-state index contributed by atoms with van der Waals surface area (Å²) in [5.74, 6) is -0.186. The maximum Gasteiger partial charge on any atom is 0.248 e. The molecule has 4 heterocycles. The van der Waals surface area contributed by atoms with E-state index in [0.29, 0.717) is 29.8 Å². The molecule has 1 saturated carbocycles. The number of fused-ring (bicyclic) bond motifs is 1. The number of rotatable bonds is 4. The molecule has 1 spiro atoms. The molecule has 0 radical (unpaired) electrons. The van der Waals surface area contributed by atoms with Gasteiger partial charge in [0.15, 0.2) is 0 Å². The molecule has 34 heavy (non-hydrogen) atoms. The average molecular weight is 481 g/mol. The highest BCUT2D eigenvalue weighted by molar-refractivity contribution is 6.31. The number of pyridine rings is 2. The Morgan fingerprint density at radius 1 is 1.09 bits per heavy atom. The van der Waals surface area contributed by atoms with Crippen molar-refractivity contribution in [2.45, 2.75) is 43.9 Å². The fraction of sp³-hybridized carbons (Fsp3) is 0.423. The fourth-order valence-corrected chi connectivity index (χ4v) is 5.27. The Morgan fingerprint density at radius 2 is 1.91 bits per heavy atom. The number of likely N-dealkylation sites (tertiary alicyclic amines) is 1. The molecule has 1 amide bonds. The van der Waals surface area contributed by atoms with Gasteiger partial charge in [0.2, 0.25) is 5.91 Å². The van der Waals surface area contributed by atoms with Crippen LogP contribution in [0.2, 0.25) is 5.02 Å². The first-order valence-electron chi connectivity index (χ1n) is 11.8. The summed E-state index contributed by atoms with van der Waals surface area (Å²) in [6, 6.07) is 9.61. The van der Waals surface area contributed by atoms with E-state index in [0.717, 1.165) is 60.8 Å². The second-order valence-electron chi connectivity index (χ2n) is 9.71.